The van der Waals surface area contributed by atoms with Gasteiger partial charge in [-0.05, 0) is 18.6 Å². The van der Waals surface area contributed by atoms with Crippen molar-refractivity contribution in [2.24, 2.45) is 0 Å². The third-order valence-electron chi connectivity index (χ3n) is 2.70. The van der Waals surface area contributed by atoms with E-state index in [0.717, 1.165) is 12.3 Å². The van der Waals surface area contributed by atoms with Crippen LogP contribution >= 0.6 is 0 Å². The summed E-state index contributed by atoms with van der Waals surface area (Å²) < 4.78 is 42.3. The number of ether oxygens (including phenoxy) is 1. The molecule has 94 valence electrons. The second-order valence-electron chi connectivity index (χ2n) is 4.01. The molecule has 1 fully saturated rings. The SMILES string of the molecule is OC1CCOC(c2ccc(C(F)(F)F)cn2)C1. The molecule has 2 unspecified atom stereocenters. The average Bonchev–Trinajstić information content (AvgIpc) is 2.28. The second kappa shape index (κ2) is 4.62. The molecule has 1 aliphatic heterocycles. The van der Waals surface area contributed by atoms with Crippen LogP contribution < -0.4 is 0 Å². The number of pyridine rings is 1. The van der Waals surface area contributed by atoms with Gasteiger partial charge in [0.2, 0.25) is 0 Å². The van der Waals surface area contributed by atoms with Gasteiger partial charge in [-0.25, -0.2) is 0 Å². The Labute approximate surface area is 96.2 Å². The van der Waals surface area contributed by atoms with Crippen LogP contribution in [0.3, 0.4) is 0 Å². The molecule has 1 N–H and O–H groups in total. The van der Waals surface area contributed by atoms with Gasteiger partial charge in [-0.1, -0.05) is 0 Å². The summed E-state index contributed by atoms with van der Waals surface area (Å²) in [5.74, 6) is 0. The number of nitrogens with zero attached hydrogens (tertiary/aromatic N) is 1. The third kappa shape index (κ3) is 2.95. The summed E-state index contributed by atoms with van der Waals surface area (Å²) in [6, 6.07) is 2.28. The largest absolute Gasteiger partial charge is 0.417 e. The van der Waals surface area contributed by atoms with Crippen molar-refractivity contribution in [1.82, 2.24) is 4.98 Å². The number of aromatic nitrogens is 1. The van der Waals surface area contributed by atoms with E-state index in [2.05, 4.69) is 4.98 Å². The first-order valence-corrected chi connectivity index (χ1v) is 5.29. The monoisotopic (exact) mass is 247 g/mol. The van der Waals surface area contributed by atoms with Gasteiger partial charge in [-0.3, -0.25) is 4.98 Å². The fraction of sp³-hybridized carbons (Fsp3) is 0.545. The quantitative estimate of drug-likeness (QED) is 0.828. The first kappa shape index (κ1) is 12.3. The maximum atomic E-state index is 12.3. The highest BCUT2D eigenvalue weighted by Gasteiger charge is 2.31. The zero-order valence-electron chi connectivity index (χ0n) is 8.94. The minimum Gasteiger partial charge on any atom is -0.393 e. The van der Waals surface area contributed by atoms with Crippen molar-refractivity contribution >= 4 is 0 Å². The van der Waals surface area contributed by atoms with Crippen LogP contribution in [0, 0.1) is 0 Å². The van der Waals surface area contributed by atoms with E-state index in [0.29, 0.717) is 25.1 Å². The maximum absolute atomic E-state index is 12.3. The van der Waals surface area contributed by atoms with Crippen molar-refractivity contribution in [1.29, 1.82) is 0 Å². The van der Waals surface area contributed by atoms with Gasteiger partial charge in [0.25, 0.3) is 0 Å². The summed E-state index contributed by atoms with van der Waals surface area (Å²) in [5, 5.41) is 9.44. The molecule has 3 nitrogen and oxygen atoms in total. The van der Waals surface area contributed by atoms with Crippen molar-refractivity contribution in [3.63, 3.8) is 0 Å². The Morgan fingerprint density at radius 2 is 2.12 bits per heavy atom. The lowest BCUT2D eigenvalue weighted by Crippen LogP contribution is -2.24. The first-order valence-electron chi connectivity index (χ1n) is 5.29. The molecule has 0 bridgehead atoms. The number of alkyl halides is 3. The summed E-state index contributed by atoms with van der Waals surface area (Å²) in [7, 11) is 0. The van der Waals surface area contributed by atoms with Gasteiger partial charge in [0.1, 0.15) is 6.10 Å². The lowest BCUT2D eigenvalue weighted by molar-refractivity contribution is -0.137. The van der Waals surface area contributed by atoms with Gasteiger partial charge >= 0.3 is 6.18 Å². The fourth-order valence-corrected chi connectivity index (χ4v) is 1.75. The van der Waals surface area contributed by atoms with Crippen molar-refractivity contribution in [2.45, 2.75) is 31.2 Å². The van der Waals surface area contributed by atoms with Crippen molar-refractivity contribution in [3.8, 4) is 0 Å². The topological polar surface area (TPSA) is 42.4 Å². The van der Waals surface area contributed by atoms with Crippen LogP contribution in [0.2, 0.25) is 0 Å². The Bertz CT molecular complexity index is 377. The van der Waals surface area contributed by atoms with Crippen molar-refractivity contribution in [2.75, 3.05) is 6.61 Å². The van der Waals surface area contributed by atoms with E-state index in [-0.39, 0.29) is 0 Å². The van der Waals surface area contributed by atoms with Gasteiger partial charge < -0.3 is 9.84 Å². The van der Waals surface area contributed by atoms with Crippen LogP contribution in [0.1, 0.15) is 30.2 Å². The molecule has 1 saturated heterocycles. The molecular formula is C11H12F3NO2. The molecule has 0 aromatic carbocycles. The summed E-state index contributed by atoms with van der Waals surface area (Å²) in [5.41, 5.74) is -0.352. The Morgan fingerprint density at radius 1 is 1.35 bits per heavy atom. The van der Waals surface area contributed by atoms with Crippen molar-refractivity contribution < 1.29 is 23.0 Å². The molecule has 0 saturated carbocycles. The lowest BCUT2D eigenvalue weighted by Gasteiger charge is -2.26. The van der Waals surface area contributed by atoms with Gasteiger partial charge in [-0.15, -0.1) is 0 Å². The molecule has 17 heavy (non-hydrogen) atoms. The predicted molar refractivity (Wildman–Crippen MR) is 53.2 cm³/mol. The van der Waals surface area contributed by atoms with Crippen LogP contribution in [0.25, 0.3) is 0 Å². The van der Waals surface area contributed by atoms with Gasteiger partial charge in [0, 0.05) is 19.2 Å². The smallest absolute Gasteiger partial charge is 0.393 e. The predicted octanol–water partition coefficient (Wildman–Crippen LogP) is 2.31. The Hall–Kier alpha value is -1.14. The van der Waals surface area contributed by atoms with Crippen LogP contribution in [0.15, 0.2) is 18.3 Å². The third-order valence-corrected chi connectivity index (χ3v) is 2.70. The van der Waals surface area contributed by atoms with Crippen LogP contribution in [0.5, 0.6) is 0 Å². The number of aliphatic hydroxyl groups excluding tert-OH is 1. The van der Waals surface area contributed by atoms with E-state index in [1.165, 1.54) is 6.07 Å². The Morgan fingerprint density at radius 3 is 2.65 bits per heavy atom. The number of rotatable bonds is 1. The number of halogens is 3. The number of aliphatic hydroxyl groups is 1. The molecule has 1 aromatic rings. The van der Waals surface area contributed by atoms with Crippen molar-refractivity contribution in [3.05, 3.63) is 29.6 Å². The van der Waals surface area contributed by atoms with Crippen LogP contribution in [-0.2, 0) is 10.9 Å². The van der Waals surface area contributed by atoms with E-state index < -0.39 is 23.9 Å². The number of hydrogen-bond acceptors (Lipinski definition) is 3. The Kier molecular flexibility index (Phi) is 3.35. The maximum Gasteiger partial charge on any atom is 0.417 e. The fourth-order valence-electron chi connectivity index (χ4n) is 1.75. The molecule has 0 amide bonds. The van der Waals surface area contributed by atoms with Gasteiger partial charge in [-0.2, -0.15) is 13.2 Å². The highest BCUT2D eigenvalue weighted by molar-refractivity contribution is 5.18. The average molecular weight is 247 g/mol. The lowest BCUT2D eigenvalue weighted by atomic mass is 10.0. The molecule has 2 heterocycles. The minimum atomic E-state index is -4.38. The minimum absolute atomic E-state index is 0.373. The van der Waals surface area contributed by atoms with E-state index >= 15 is 0 Å². The zero-order valence-corrected chi connectivity index (χ0v) is 8.94. The standard InChI is InChI=1S/C11H12F3NO2/c12-11(13,14)7-1-2-9(15-6-7)10-5-8(16)3-4-17-10/h1-2,6,8,10,16H,3-5H2. The second-order valence-corrected chi connectivity index (χ2v) is 4.01. The molecular weight excluding hydrogens is 235 g/mol. The van der Waals surface area contributed by atoms with E-state index in [4.69, 9.17) is 4.74 Å². The molecule has 6 heteroatoms. The molecule has 0 aliphatic carbocycles. The summed E-state index contributed by atoms with van der Waals surface area (Å²) in [4.78, 5) is 3.75. The summed E-state index contributed by atoms with van der Waals surface area (Å²) in [6.45, 7) is 0.397. The highest BCUT2D eigenvalue weighted by Crippen LogP contribution is 2.31. The zero-order chi connectivity index (χ0) is 12.5. The van der Waals surface area contributed by atoms with Gasteiger partial charge in [0.15, 0.2) is 0 Å². The molecule has 0 spiro atoms. The van der Waals surface area contributed by atoms with Crippen LogP contribution in [0.4, 0.5) is 13.2 Å². The van der Waals surface area contributed by atoms with E-state index in [9.17, 15) is 18.3 Å². The van der Waals surface area contributed by atoms with Gasteiger partial charge in [0.05, 0.1) is 17.4 Å². The normalized spacial score (nSPS) is 25.9. The first-order chi connectivity index (χ1) is 7.97. The van der Waals surface area contributed by atoms with E-state index in [1.54, 1.807) is 0 Å². The molecule has 1 aliphatic rings. The highest BCUT2D eigenvalue weighted by atomic mass is 19.4. The molecule has 1 aromatic heterocycles. The van der Waals surface area contributed by atoms with E-state index in [1.807, 2.05) is 0 Å². The molecule has 2 rings (SSSR count). The Balaban J connectivity index is 2.12. The summed E-state index contributed by atoms with van der Waals surface area (Å²) >= 11 is 0. The molecule has 0 radical (unpaired) electrons. The summed E-state index contributed by atoms with van der Waals surface area (Å²) in [6.07, 6.45) is -3.55. The molecule has 2 atom stereocenters. The number of hydrogen-bond donors (Lipinski definition) is 1. The van der Waals surface area contributed by atoms with Crippen LogP contribution in [-0.4, -0.2) is 22.8 Å².